The first-order chi connectivity index (χ1) is 15.9. The largest absolute Gasteiger partial charge is 0.383 e. The Morgan fingerprint density at radius 1 is 1.36 bits per heavy atom. The molecule has 4 rings (SSSR count). The molecule has 3 heterocycles. The van der Waals surface area contributed by atoms with Gasteiger partial charge >= 0.3 is 0 Å². The molecule has 0 aliphatic carbocycles. The normalized spacial score (nSPS) is 20.3. The minimum Gasteiger partial charge on any atom is -0.383 e. The molecule has 1 saturated heterocycles. The number of hydrazine groups is 1. The van der Waals surface area contributed by atoms with Gasteiger partial charge in [0.1, 0.15) is 11.6 Å². The number of benzene rings is 1. The first kappa shape index (κ1) is 24.5. The predicted octanol–water partition coefficient (Wildman–Crippen LogP) is 4.18. The van der Waals surface area contributed by atoms with E-state index in [2.05, 4.69) is 55.7 Å². The summed E-state index contributed by atoms with van der Waals surface area (Å²) in [5.41, 5.74) is 9.66. The number of halogens is 3. The van der Waals surface area contributed by atoms with Crippen LogP contribution in [0.4, 0.5) is 4.39 Å². The maximum Gasteiger partial charge on any atom is 0.153 e. The Morgan fingerprint density at radius 2 is 2.12 bits per heavy atom. The quantitative estimate of drug-likeness (QED) is 0.252. The molecule has 1 fully saturated rings. The number of aromatic nitrogens is 1. The van der Waals surface area contributed by atoms with E-state index in [0.29, 0.717) is 26.6 Å². The fourth-order valence-corrected chi connectivity index (χ4v) is 5.42. The standard InChI is InChI=1S/C23H27BrFIN6O/c1-2-18(30-16-5-7-33-8-6-16)21-20(24)22(27)32(28)23(31-21)17(11-26)14-9-13-10-15(25)3-4-19(13)29-12-14/h3-4,9-10,12,16,18,30H,2,5-8,11,27-28H2,1H3/b23-17+. The van der Waals surface area contributed by atoms with E-state index < -0.39 is 0 Å². The van der Waals surface area contributed by atoms with Crippen LogP contribution in [0.5, 0.6) is 0 Å². The van der Waals surface area contributed by atoms with Gasteiger partial charge in [0.05, 0.1) is 21.8 Å². The van der Waals surface area contributed by atoms with Crippen molar-refractivity contribution >= 4 is 60.7 Å². The van der Waals surface area contributed by atoms with Crippen LogP contribution in [-0.4, -0.2) is 45.4 Å². The summed E-state index contributed by atoms with van der Waals surface area (Å²) < 4.78 is 20.6. The van der Waals surface area contributed by atoms with E-state index in [1.807, 2.05) is 6.07 Å². The van der Waals surface area contributed by atoms with Crippen molar-refractivity contribution in [2.45, 2.75) is 38.3 Å². The van der Waals surface area contributed by atoms with Crippen molar-refractivity contribution in [3.8, 4) is 0 Å². The Labute approximate surface area is 214 Å². The van der Waals surface area contributed by atoms with Crippen molar-refractivity contribution in [3.05, 3.63) is 58.0 Å². The fourth-order valence-electron chi connectivity index (χ4n) is 4.08. The summed E-state index contributed by atoms with van der Waals surface area (Å²) in [5, 5.41) is 5.84. The number of fused-ring (bicyclic) bond motifs is 1. The molecule has 0 bridgehead atoms. The number of allylic oxidation sites excluding steroid dienone is 1. The number of ether oxygens (including phenoxy) is 1. The van der Waals surface area contributed by atoms with Gasteiger partial charge in [0.2, 0.25) is 0 Å². The number of hydrogen-bond acceptors (Lipinski definition) is 7. The van der Waals surface area contributed by atoms with E-state index in [4.69, 9.17) is 21.3 Å². The predicted molar refractivity (Wildman–Crippen MR) is 142 cm³/mol. The summed E-state index contributed by atoms with van der Waals surface area (Å²) in [6.07, 6.45) is 4.54. The van der Waals surface area contributed by atoms with Crippen molar-refractivity contribution in [2.75, 3.05) is 17.6 Å². The molecule has 0 amide bonds. The Kier molecular flexibility index (Phi) is 8.00. The van der Waals surface area contributed by atoms with Crippen LogP contribution in [0.25, 0.3) is 16.5 Å². The molecule has 1 aromatic carbocycles. The van der Waals surface area contributed by atoms with Crippen LogP contribution in [0.3, 0.4) is 0 Å². The molecule has 0 radical (unpaired) electrons. The highest BCUT2D eigenvalue weighted by Gasteiger charge is 2.30. The molecule has 1 atom stereocenters. The number of aliphatic imine (C=N–C) groups is 1. The van der Waals surface area contributed by atoms with Gasteiger partial charge in [-0.1, -0.05) is 29.5 Å². The summed E-state index contributed by atoms with van der Waals surface area (Å²) in [7, 11) is 0. The molecule has 33 heavy (non-hydrogen) atoms. The van der Waals surface area contributed by atoms with Gasteiger partial charge in [-0.2, -0.15) is 0 Å². The van der Waals surface area contributed by atoms with E-state index >= 15 is 0 Å². The number of nitrogens with two attached hydrogens (primary N) is 2. The highest BCUT2D eigenvalue weighted by Crippen LogP contribution is 2.32. The SMILES string of the molecule is CCC(NC1CCOCC1)C1=N/C(=C(/CI)c2cnc3ccc(F)cc3c2)N(N)C(N)=C1Br. The molecule has 10 heteroatoms. The maximum atomic E-state index is 13.8. The molecule has 1 aromatic heterocycles. The molecular weight excluding hydrogens is 602 g/mol. The molecule has 2 aliphatic rings. The van der Waals surface area contributed by atoms with Crippen LogP contribution in [0, 0.1) is 5.82 Å². The van der Waals surface area contributed by atoms with Gasteiger partial charge < -0.3 is 15.8 Å². The summed E-state index contributed by atoms with van der Waals surface area (Å²) in [4.78, 5) is 9.49. The number of rotatable bonds is 6. The second-order valence-corrected chi connectivity index (χ2v) is 9.63. The lowest BCUT2D eigenvalue weighted by atomic mass is 10.0. The smallest absolute Gasteiger partial charge is 0.153 e. The average molecular weight is 629 g/mol. The maximum absolute atomic E-state index is 13.8. The average Bonchev–Trinajstić information content (AvgIpc) is 2.83. The molecule has 176 valence electrons. The zero-order valence-corrected chi connectivity index (χ0v) is 22.1. The Balaban J connectivity index is 1.77. The number of hydrogen-bond donors (Lipinski definition) is 3. The Bertz CT molecular complexity index is 1130. The van der Waals surface area contributed by atoms with E-state index in [1.165, 1.54) is 17.1 Å². The number of nitrogens with zero attached hydrogens (tertiary/aromatic N) is 3. The van der Waals surface area contributed by atoms with Crippen molar-refractivity contribution in [3.63, 3.8) is 0 Å². The second kappa shape index (κ2) is 10.8. The van der Waals surface area contributed by atoms with Gasteiger partial charge in [0, 0.05) is 46.4 Å². The van der Waals surface area contributed by atoms with Crippen molar-refractivity contribution in [1.82, 2.24) is 15.3 Å². The zero-order chi connectivity index (χ0) is 23.5. The van der Waals surface area contributed by atoms with Crippen LogP contribution in [0.1, 0.15) is 31.7 Å². The number of nitrogens with one attached hydrogen (secondary N) is 1. The summed E-state index contributed by atoms with van der Waals surface area (Å²) in [5.74, 6) is 7.04. The number of pyridine rings is 1. The molecular formula is C23H27BrFIN6O. The molecule has 1 unspecified atom stereocenters. The van der Waals surface area contributed by atoms with Crippen LogP contribution >= 0.6 is 38.5 Å². The fraction of sp³-hybridized carbons (Fsp3) is 0.391. The van der Waals surface area contributed by atoms with E-state index in [-0.39, 0.29) is 11.9 Å². The van der Waals surface area contributed by atoms with Gasteiger partial charge in [-0.25, -0.2) is 20.2 Å². The highest BCUT2D eigenvalue weighted by atomic mass is 127. The number of alkyl halides is 1. The van der Waals surface area contributed by atoms with E-state index in [1.54, 1.807) is 12.3 Å². The van der Waals surface area contributed by atoms with Crippen LogP contribution in [0.15, 0.2) is 51.6 Å². The van der Waals surface area contributed by atoms with Crippen LogP contribution < -0.4 is 16.9 Å². The van der Waals surface area contributed by atoms with Crippen LogP contribution in [0.2, 0.25) is 0 Å². The summed E-state index contributed by atoms with van der Waals surface area (Å²) in [6.45, 7) is 3.64. The van der Waals surface area contributed by atoms with Crippen molar-refractivity contribution in [1.29, 1.82) is 0 Å². The summed E-state index contributed by atoms with van der Waals surface area (Å²) >= 11 is 5.90. The van der Waals surface area contributed by atoms with E-state index in [9.17, 15) is 4.39 Å². The monoisotopic (exact) mass is 628 g/mol. The first-order valence-corrected chi connectivity index (χ1v) is 13.2. The van der Waals surface area contributed by atoms with Gasteiger partial charge in [0.15, 0.2) is 5.82 Å². The minimum absolute atomic E-state index is 0.00371. The van der Waals surface area contributed by atoms with Gasteiger partial charge in [-0.05, 0) is 59.5 Å². The second-order valence-electron chi connectivity index (χ2n) is 8.08. The van der Waals surface area contributed by atoms with Crippen LogP contribution in [-0.2, 0) is 4.74 Å². The van der Waals surface area contributed by atoms with E-state index in [0.717, 1.165) is 60.2 Å². The Morgan fingerprint density at radius 3 is 2.82 bits per heavy atom. The molecule has 2 aliphatic heterocycles. The lowest BCUT2D eigenvalue weighted by molar-refractivity contribution is 0.0767. The first-order valence-electron chi connectivity index (χ1n) is 10.9. The third-order valence-electron chi connectivity index (χ3n) is 5.96. The third kappa shape index (κ3) is 5.24. The highest BCUT2D eigenvalue weighted by molar-refractivity contribution is 14.1. The Hall–Kier alpha value is -1.60. The lowest BCUT2D eigenvalue weighted by Crippen LogP contribution is -2.48. The third-order valence-corrected chi connectivity index (χ3v) is 7.53. The summed E-state index contributed by atoms with van der Waals surface area (Å²) in [6, 6.07) is 6.83. The van der Waals surface area contributed by atoms with Gasteiger partial charge in [-0.15, -0.1) is 0 Å². The molecule has 7 nitrogen and oxygen atoms in total. The van der Waals surface area contributed by atoms with Gasteiger partial charge in [0.25, 0.3) is 0 Å². The minimum atomic E-state index is -0.301. The van der Waals surface area contributed by atoms with Gasteiger partial charge in [-0.3, -0.25) is 4.98 Å². The zero-order valence-electron chi connectivity index (χ0n) is 18.3. The molecule has 2 aromatic rings. The molecule has 5 N–H and O–H groups in total. The topological polar surface area (TPSA) is 102 Å². The lowest BCUT2D eigenvalue weighted by Gasteiger charge is -2.33. The van der Waals surface area contributed by atoms with Crippen molar-refractivity contribution in [2.24, 2.45) is 16.6 Å². The molecule has 0 saturated carbocycles. The molecule has 0 spiro atoms. The van der Waals surface area contributed by atoms with Crippen molar-refractivity contribution < 1.29 is 9.13 Å².